The molecule has 0 radical (unpaired) electrons. The van der Waals surface area contributed by atoms with Gasteiger partial charge in [-0.05, 0) is 12.1 Å². The van der Waals surface area contributed by atoms with E-state index in [4.69, 9.17) is 10.5 Å². The largest absolute Gasteiger partial charge is 0.382 e. The normalized spacial score (nSPS) is 17.3. The molecule has 0 spiro atoms. The molecule has 1 aliphatic rings. The van der Waals surface area contributed by atoms with Crippen LogP contribution in [0, 0.1) is 0 Å². The maximum atomic E-state index is 5.81. The van der Waals surface area contributed by atoms with E-state index in [9.17, 15) is 0 Å². The van der Waals surface area contributed by atoms with Gasteiger partial charge in [0.15, 0.2) is 5.82 Å². The van der Waals surface area contributed by atoms with Crippen molar-refractivity contribution >= 4 is 11.3 Å². The molecular weight excluding hydrogens is 230 g/mol. The number of morpholine rings is 1. The van der Waals surface area contributed by atoms with Gasteiger partial charge in [0, 0.05) is 31.7 Å². The molecule has 1 saturated heterocycles. The van der Waals surface area contributed by atoms with E-state index in [1.165, 1.54) is 12.0 Å². The Morgan fingerprint density at radius 2 is 2.11 bits per heavy atom. The third kappa shape index (κ3) is 2.16. The molecule has 18 heavy (non-hydrogen) atoms. The number of anilines is 1. The lowest BCUT2D eigenvalue weighted by molar-refractivity contribution is 0.0383. The first-order valence-electron chi connectivity index (χ1n) is 6.22. The highest BCUT2D eigenvalue weighted by atomic mass is 16.5. The highest BCUT2D eigenvalue weighted by Crippen LogP contribution is 2.13. The fourth-order valence-electron chi connectivity index (χ4n) is 2.29. The Kier molecular flexibility index (Phi) is 3.12. The van der Waals surface area contributed by atoms with Gasteiger partial charge in [-0.1, -0.05) is 0 Å². The fraction of sp³-hybridized carbons (Fsp3) is 0.500. The van der Waals surface area contributed by atoms with Crippen molar-refractivity contribution in [1.29, 1.82) is 0 Å². The molecule has 0 unspecified atom stereocenters. The molecule has 2 aromatic rings. The Hall–Kier alpha value is -1.66. The summed E-state index contributed by atoms with van der Waals surface area (Å²) < 4.78 is 7.22. The molecule has 1 aliphatic heterocycles. The van der Waals surface area contributed by atoms with Crippen LogP contribution >= 0.6 is 0 Å². The molecule has 96 valence electrons. The lowest BCUT2D eigenvalue weighted by atomic mass is 10.3. The van der Waals surface area contributed by atoms with Crippen molar-refractivity contribution in [3.05, 3.63) is 24.2 Å². The molecule has 0 aliphatic carbocycles. The van der Waals surface area contributed by atoms with E-state index in [0.717, 1.165) is 44.8 Å². The first kappa shape index (κ1) is 11.4. The number of rotatable bonds is 3. The van der Waals surface area contributed by atoms with Crippen molar-refractivity contribution in [2.75, 3.05) is 38.6 Å². The maximum absolute atomic E-state index is 5.81. The standard InChI is InChI=1S/C12H17N5O/c13-12-11-2-1-10(17(11)15-9-14-12)3-4-16-5-7-18-8-6-16/h1-2,9H,3-8H2,(H2,13,14,15). The van der Waals surface area contributed by atoms with Gasteiger partial charge in [-0.15, -0.1) is 0 Å². The van der Waals surface area contributed by atoms with Crippen molar-refractivity contribution in [3.63, 3.8) is 0 Å². The van der Waals surface area contributed by atoms with Gasteiger partial charge in [0.2, 0.25) is 0 Å². The quantitative estimate of drug-likeness (QED) is 0.838. The zero-order chi connectivity index (χ0) is 12.4. The van der Waals surface area contributed by atoms with E-state index >= 15 is 0 Å². The zero-order valence-corrected chi connectivity index (χ0v) is 10.2. The van der Waals surface area contributed by atoms with Crippen LogP contribution in [0.5, 0.6) is 0 Å². The van der Waals surface area contributed by atoms with E-state index in [0.29, 0.717) is 5.82 Å². The fourth-order valence-corrected chi connectivity index (χ4v) is 2.29. The summed E-state index contributed by atoms with van der Waals surface area (Å²) in [4.78, 5) is 6.40. The third-order valence-corrected chi connectivity index (χ3v) is 3.35. The molecule has 6 nitrogen and oxygen atoms in total. The number of hydrogen-bond donors (Lipinski definition) is 1. The second-order valence-electron chi connectivity index (χ2n) is 4.47. The minimum absolute atomic E-state index is 0.530. The molecule has 0 amide bonds. The van der Waals surface area contributed by atoms with Gasteiger partial charge < -0.3 is 10.5 Å². The first-order valence-corrected chi connectivity index (χ1v) is 6.22. The van der Waals surface area contributed by atoms with Gasteiger partial charge in [0.25, 0.3) is 0 Å². The molecule has 6 heteroatoms. The third-order valence-electron chi connectivity index (χ3n) is 3.35. The van der Waals surface area contributed by atoms with Crippen LogP contribution < -0.4 is 5.73 Å². The second-order valence-corrected chi connectivity index (χ2v) is 4.47. The zero-order valence-electron chi connectivity index (χ0n) is 10.2. The number of nitrogens with two attached hydrogens (primary N) is 1. The van der Waals surface area contributed by atoms with Crippen LogP contribution in [-0.4, -0.2) is 52.3 Å². The van der Waals surface area contributed by atoms with Crippen molar-refractivity contribution in [2.24, 2.45) is 0 Å². The van der Waals surface area contributed by atoms with Crippen molar-refractivity contribution in [2.45, 2.75) is 6.42 Å². The van der Waals surface area contributed by atoms with Gasteiger partial charge in [-0.3, -0.25) is 4.90 Å². The van der Waals surface area contributed by atoms with E-state index in [-0.39, 0.29) is 0 Å². The Balaban J connectivity index is 1.72. The Labute approximate surface area is 105 Å². The number of nitrogen functional groups attached to an aromatic ring is 1. The summed E-state index contributed by atoms with van der Waals surface area (Å²) in [7, 11) is 0. The van der Waals surface area contributed by atoms with Crippen molar-refractivity contribution in [3.8, 4) is 0 Å². The molecule has 0 bridgehead atoms. The Bertz CT molecular complexity index is 532. The monoisotopic (exact) mass is 247 g/mol. The number of ether oxygens (including phenoxy) is 1. The van der Waals surface area contributed by atoms with E-state index in [2.05, 4.69) is 21.0 Å². The van der Waals surface area contributed by atoms with Crippen LogP contribution in [0.1, 0.15) is 5.69 Å². The lowest BCUT2D eigenvalue weighted by Crippen LogP contribution is -2.37. The van der Waals surface area contributed by atoms with Crippen LogP contribution in [0.3, 0.4) is 0 Å². The summed E-state index contributed by atoms with van der Waals surface area (Å²) in [6.45, 7) is 4.73. The molecule has 0 aromatic carbocycles. The molecule has 2 aromatic heterocycles. The molecule has 1 fully saturated rings. The van der Waals surface area contributed by atoms with Gasteiger partial charge in [-0.25, -0.2) is 9.50 Å². The lowest BCUT2D eigenvalue weighted by Gasteiger charge is -2.26. The van der Waals surface area contributed by atoms with Crippen LogP contribution in [-0.2, 0) is 11.2 Å². The summed E-state index contributed by atoms with van der Waals surface area (Å²) in [5, 5.41) is 4.25. The average molecular weight is 247 g/mol. The minimum Gasteiger partial charge on any atom is -0.382 e. The predicted molar refractivity (Wildman–Crippen MR) is 68.4 cm³/mol. The highest BCUT2D eigenvalue weighted by molar-refractivity contribution is 5.65. The average Bonchev–Trinajstić information content (AvgIpc) is 2.82. The highest BCUT2D eigenvalue weighted by Gasteiger charge is 2.12. The minimum atomic E-state index is 0.530. The number of nitrogens with zero attached hydrogens (tertiary/aromatic N) is 4. The van der Waals surface area contributed by atoms with Gasteiger partial charge in [0.1, 0.15) is 11.8 Å². The molecular formula is C12H17N5O. The van der Waals surface area contributed by atoms with Crippen LogP contribution in [0.15, 0.2) is 18.5 Å². The molecule has 2 N–H and O–H groups in total. The molecule has 0 saturated carbocycles. The van der Waals surface area contributed by atoms with Gasteiger partial charge in [-0.2, -0.15) is 5.10 Å². The summed E-state index contributed by atoms with van der Waals surface area (Å²) in [5.41, 5.74) is 7.87. The van der Waals surface area contributed by atoms with E-state index in [1.807, 2.05) is 10.6 Å². The summed E-state index contributed by atoms with van der Waals surface area (Å²) >= 11 is 0. The number of hydrogen-bond acceptors (Lipinski definition) is 5. The van der Waals surface area contributed by atoms with E-state index in [1.54, 1.807) is 0 Å². The van der Waals surface area contributed by atoms with Gasteiger partial charge >= 0.3 is 0 Å². The van der Waals surface area contributed by atoms with Crippen LogP contribution in [0.4, 0.5) is 5.82 Å². The molecule has 3 rings (SSSR count). The Morgan fingerprint density at radius 1 is 1.28 bits per heavy atom. The van der Waals surface area contributed by atoms with Crippen LogP contribution in [0.2, 0.25) is 0 Å². The number of fused-ring (bicyclic) bond motifs is 1. The SMILES string of the molecule is Nc1ncnn2c(CCN3CCOCC3)ccc12. The Morgan fingerprint density at radius 3 is 2.94 bits per heavy atom. The topological polar surface area (TPSA) is 68.7 Å². The number of aromatic nitrogens is 3. The maximum Gasteiger partial charge on any atom is 0.151 e. The summed E-state index contributed by atoms with van der Waals surface area (Å²) in [5.74, 6) is 0.530. The van der Waals surface area contributed by atoms with Crippen molar-refractivity contribution in [1.82, 2.24) is 19.5 Å². The molecule has 0 atom stereocenters. The van der Waals surface area contributed by atoms with E-state index < -0.39 is 0 Å². The van der Waals surface area contributed by atoms with Crippen LogP contribution in [0.25, 0.3) is 5.52 Å². The predicted octanol–water partition coefficient (Wildman–Crippen LogP) is 0.186. The van der Waals surface area contributed by atoms with Gasteiger partial charge in [0.05, 0.1) is 13.2 Å². The first-order chi connectivity index (χ1) is 8.84. The molecule has 3 heterocycles. The summed E-state index contributed by atoms with van der Waals surface area (Å²) in [6, 6.07) is 4.05. The van der Waals surface area contributed by atoms with Crippen molar-refractivity contribution < 1.29 is 4.74 Å². The summed E-state index contributed by atoms with van der Waals surface area (Å²) in [6.07, 6.45) is 2.46. The smallest absolute Gasteiger partial charge is 0.151 e. The second kappa shape index (κ2) is 4.91.